The van der Waals surface area contributed by atoms with Gasteiger partial charge >= 0.3 is 5.97 Å². The van der Waals surface area contributed by atoms with Gasteiger partial charge in [-0.1, -0.05) is 35.9 Å². The number of primary amides is 1. The summed E-state index contributed by atoms with van der Waals surface area (Å²) in [7, 11) is 1.46. The summed E-state index contributed by atoms with van der Waals surface area (Å²) in [5.74, 6) is -0.685. The van der Waals surface area contributed by atoms with E-state index in [1.54, 1.807) is 23.1 Å². The summed E-state index contributed by atoms with van der Waals surface area (Å²) in [6.45, 7) is 5.10. The number of hydrogen-bond acceptors (Lipinski definition) is 7. The number of nitrogens with two attached hydrogens (primary N) is 1. The van der Waals surface area contributed by atoms with Gasteiger partial charge in [-0.3, -0.25) is 14.5 Å². The average Bonchev–Trinajstić information content (AvgIpc) is 2.85. The number of esters is 1. The molecule has 1 saturated heterocycles. The lowest BCUT2D eigenvalue weighted by Gasteiger charge is -2.34. The van der Waals surface area contributed by atoms with E-state index < -0.39 is 11.9 Å². The molecule has 2 amide bonds. The van der Waals surface area contributed by atoms with Gasteiger partial charge in [0.25, 0.3) is 11.8 Å². The Balaban J connectivity index is 1.42. The minimum atomic E-state index is -0.621. The molecular formula is C26H31N3O6. The lowest BCUT2D eigenvalue weighted by molar-refractivity contribution is -0.149. The summed E-state index contributed by atoms with van der Waals surface area (Å²) in [6.07, 6.45) is 2.78. The molecule has 0 radical (unpaired) electrons. The smallest absolute Gasteiger partial charge is 0.331 e. The number of aryl methyl sites for hydroxylation is 1. The molecule has 2 aromatic rings. The van der Waals surface area contributed by atoms with Gasteiger partial charge < -0.3 is 24.8 Å². The maximum Gasteiger partial charge on any atom is 0.331 e. The highest BCUT2D eigenvalue weighted by molar-refractivity contribution is 5.89. The molecule has 2 aromatic carbocycles. The van der Waals surface area contributed by atoms with Gasteiger partial charge in [-0.15, -0.1) is 0 Å². The van der Waals surface area contributed by atoms with E-state index in [0.29, 0.717) is 30.2 Å². The van der Waals surface area contributed by atoms with E-state index in [4.69, 9.17) is 19.9 Å². The Morgan fingerprint density at radius 2 is 1.77 bits per heavy atom. The van der Waals surface area contributed by atoms with Gasteiger partial charge in [0, 0.05) is 38.8 Å². The van der Waals surface area contributed by atoms with E-state index >= 15 is 0 Å². The first kappa shape index (κ1) is 25.8. The molecule has 1 heterocycles. The van der Waals surface area contributed by atoms with Gasteiger partial charge in [0.05, 0.1) is 7.11 Å². The van der Waals surface area contributed by atoms with Gasteiger partial charge in [0.2, 0.25) is 0 Å². The molecule has 0 aromatic heterocycles. The number of carbonyl (C=O) groups is 3. The lowest BCUT2D eigenvalue weighted by Crippen LogP contribution is -2.49. The lowest BCUT2D eigenvalue weighted by atomic mass is 10.1. The van der Waals surface area contributed by atoms with Gasteiger partial charge in [-0.2, -0.15) is 0 Å². The van der Waals surface area contributed by atoms with Crippen LogP contribution in [-0.2, 0) is 25.7 Å². The minimum Gasteiger partial charge on any atom is -0.493 e. The van der Waals surface area contributed by atoms with Crippen molar-refractivity contribution in [3.8, 4) is 11.5 Å². The molecule has 186 valence electrons. The van der Waals surface area contributed by atoms with Crippen molar-refractivity contribution in [2.45, 2.75) is 13.5 Å². The maximum absolute atomic E-state index is 12.5. The molecule has 1 aliphatic heterocycles. The van der Waals surface area contributed by atoms with Crippen LogP contribution in [0.3, 0.4) is 0 Å². The molecule has 9 nitrogen and oxygen atoms in total. The van der Waals surface area contributed by atoms with Crippen LogP contribution in [0.1, 0.15) is 16.7 Å². The van der Waals surface area contributed by atoms with Crippen molar-refractivity contribution < 1.29 is 28.6 Å². The standard InChI is InChI=1S/C26H31N3O6/c1-19-4-3-5-21(14-19)16-28-10-12-29(13-11-28)25(31)18-35-26(32)9-7-20-6-8-22(23(15-20)33-2)34-17-24(27)30/h3-9,14-15H,10-13,16-18H2,1-2H3,(H2,27,30)/b9-7+. The molecule has 0 unspecified atom stereocenters. The fraction of sp³-hybridized carbons (Fsp3) is 0.346. The largest absolute Gasteiger partial charge is 0.493 e. The van der Waals surface area contributed by atoms with E-state index in [1.807, 2.05) is 0 Å². The predicted octanol–water partition coefficient (Wildman–Crippen LogP) is 1.77. The summed E-state index contributed by atoms with van der Waals surface area (Å²) in [5.41, 5.74) is 8.23. The van der Waals surface area contributed by atoms with Crippen molar-refractivity contribution in [3.05, 3.63) is 65.2 Å². The van der Waals surface area contributed by atoms with Crippen LogP contribution in [-0.4, -0.2) is 74.1 Å². The molecule has 1 fully saturated rings. The molecule has 2 N–H and O–H groups in total. The van der Waals surface area contributed by atoms with E-state index in [0.717, 1.165) is 19.6 Å². The van der Waals surface area contributed by atoms with Crippen molar-refractivity contribution in [1.29, 1.82) is 0 Å². The maximum atomic E-state index is 12.5. The second-order valence-electron chi connectivity index (χ2n) is 8.25. The van der Waals surface area contributed by atoms with Crippen LogP contribution in [0.15, 0.2) is 48.5 Å². The highest BCUT2D eigenvalue weighted by Crippen LogP contribution is 2.28. The second-order valence-corrected chi connectivity index (χ2v) is 8.25. The van der Waals surface area contributed by atoms with Crippen LogP contribution in [0, 0.1) is 6.92 Å². The predicted molar refractivity (Wildman–Crippen MR) is 131 cm³/mol. The molecule has 1 aliphatic rings. The van der Waals surface area contributed by atoms with Crippen LogP contribution in [0.25, 0.3) is 6.08 Å². The molecule has 9 heteroatoms. The van der Waals surface area contributed by atoms with Crippen molar-refractivity contribution in [3.63, 3.8) is 0 Å². The van der Waals surface area contributed by atoms with Crippen LogP contribution >= 0.6 is 0 Å². The Morgan fingerprint density at radius 1 is 1.00 bits per heavy atom. The molecule has 0 bridgehead atoms. The molecular weight excluding hydrogens is 450 g/mol. The van der Waals surface area contributed by atoms with E-state index in [9.17, 15) is 14.4 Å². The van der Waals surface area contributed by atoms with E-state index in [2.05, 4.69) is 36.1 Å². The van der Waals surface area contributed by atoms with Crippen LogP contribution < -0.4 is 15.2 Å². The molecule has 0 aliphatic carbocycles. The van der Waals surface area contributed by atoms with Crippen molar-refractivity contribution in [2.75, 3.05) is 46.5 Å². The second kappa shape index (κ2) is 12.6. The fourth-order valence-corrected chi connectivity index (χ4v) is 3.72. The molecule has 0 spiro atoms. The van der Waals surface area contributed by atoms with Crippen molar-refractivity contribution >= 4 is 23.9 Å². The monoisotopic (exact) mass is 481 g/mol. The topological polar surface area (TPSA) is 111 Å². The highest BCUT2D eigenvalue weighted by Gasteiger charge is 2.21. The van der Waals surface area contributed by atoms with Crippen LogP contribution in [0.2, 0.25) is 0 Å². The van der Waals surface area contributed by atoms with Crippen molar-refractivity contribution in [1.82, 2.24) is 9.80 Å². The Bertz CT molecular complexity index is 1080. The zero-order chi connectivity index (χ0) is 25.2. The Labute approximate surface area is 205 Å². The number of benzene rings is 2. The normalized spacial score (nSPS) is 14.1. The number of ether oxygens (including phenoxy) is 3. The van der Waals surface area contributed by atoms with Crippen LogP contribution in [0.4, 0.5) is 0 Å². The van der Waals surface area contributed by atoms with Gasteiger partial charge in [0.1, 0.15) is 0 Å². The molecule has 0 saturated carbocycles. The zero-order valence-electron chi connectivity index (χ0n) is 20.1. The molecule has 0 atom stereocenters. The minimum absolute atomic E-state index is 0.209. The summed E-state index contributed by atoms with van der Waals surface area (Å²) in [5, 5.41) is 0. The number of methoxy groups -OCH3 is 1. The summed E-state index contributed by atoms with van der Waals surface area (Å²) >= 11 is 0. The number of amides is 2. The Kier molecular flexibility index (Phi) is 9.25. The zero-order valence-corrected chi connectivity index (χ0v) is 20.1. The van der Waals surface area contributed by atoms with Gasteiger partial charge in [-0.05, 0) is 36.3 Å². The van der Waals surface area contributed by atoms with E-state index in [-0.39, 0.29) is 19.1 Å². The summed E-state index contributed by atoms with van der Waals surface area (Å²) in [6, 6.07) is 13.3. The summed E-state index contributed by atoms with van der Waals surface area (Å²) in [4.78, 5) is 39.5. The third kappa shape index (κ3) is 8.15. The van der Waals surface area contributed by atoms with E-state index in [1.165, 1.54) is 30.4 Å². The SMILES string of the molecule is COc1cc(/C=C/C(=O)OCC(=O)N2CCN(Cc3cccc(C)c3)CC2)ccc1OCC(N)=O. The number of piperazine rings is 1. The summed E-state index contributed by atoms with van der Waals surface area (Å²) < 4.78 is 15.6. The number of rotatable bonds is 10. The first-order valence-electron chi connectivity index (χ1n) is 11.3. The first-order valence-corrected chi connectivity index (χ1v) is 11.3. The number of carbonyl (C=O) groups excluding carboxylic acids is 3. The quantitative estimate of drug-likeness (QED) is 0.407. The van der Waals surface area contributed by atoms with Gasteiger partial charge in [0.15, 0.2) is 24.7 Å². The molecule has 3 rings (SSSR count). The highest BCUT2D eigenvalue weighted by atomic mass is 16.5. The third-order valence-electron chi connectivity index (χ3n) is 5.52. The van der Waals surface area contributed by atoms with Gasteiger partial charge in [-0.25, -0.2) is 4.79 Å². The average molecular weight is 482 g/mol. The third-order valence-corrected chi connectivity index (χ3v) is 5.52. The van der Waals surface area contributed by atoms with Crippen LogP contribution in [0.5, 0.6) is 11.5 Å². The first-order chi connectivity index (χ1) is 16.8. The molecule has 35 heavy (non-hydrogen) atoms. The fourth-order valence-electron chi connectivity index (χ4n) is 3.72. The Morgan fingerprint density at radius 3 is 2.46 bits per heavy atom. The van der Waals surface area contributed by atoms with Crippen molar-refractivity contribution in [2.24, 2.45) is 5.73 Å². The number of hydrogen-bond donors (Lipinski definition) is 1. The Hall–Kier alpha value is -3.85. The number of nitrogens with zero attached hydrogens (tertiary/aromatic N) is 2.